The van der Waals surface area contributed by atoms with Crippen LogP contribution in [0, 0.1) is 26.2 Å². The van der Waals surface area contributed by atoms with Gasteiger partial charge in [0.25, 0.3) is 11.8 Å². The number of ether oxygens (including phenoxy) is 1. The predicted octanol–water partition coefficient (Wildman–Crippen LogP) is 6.77. The molecule has 0 bridgehead atoms. The van der Waals surface area contributed by atoms with E-state index in [1.165, 1.54) is 17.5 Å². The van der Waals surface area contributed by atoms with Gasteiger partial charge in [-0.25, -0.2) is 15.0 Å². The van der Waals surface area contributed by atoms with Gasteiger partial charge in [-0.1, -0.05) is 47.2 Å². The summed E-state index contributed by atoms with van der Waals surface area (Å²) in [6.07, 6.45) is 8.22. The van der Waals surface area contributed by atoms with Crippen molar-refractivity contribution < 1.29 is 19.1 Å². The van der Waals surface area contributed by atoms with E-state index in [1.54, 1.807) is 54.6 Å². The maximum absolute atomic E-state index is 13.0. The number of carbonyl (C=O) groups is 3. The Bertz CT molecular complexity index is 2160. The molecule has 0 aliphatic carbocycles. The molecule has 1 saturated heterocycles. The van der Waals surface area contributed by atoms with E-state index in [2.05, 4.69) is 46.6 Å². The van der Waals surface area contributed by atoms with Gasteiger partial charge in [-0.3, -0.25) is 19.3 Å². The van der Waals surface area contributed by atoms with Crippen LogP contribution in [0.5, 0.6) is 5.75 Å². The third-order valence-electron chi connectivity index (χ3n) is 8.92. The molecule has 14 heteroatoms. The highest BCUT2D eigenvalue weighted by Crippen LogP contribution is 2.28. The second-order valence-corrected chi connectivity index (χ2v) is 14.3. The van der Waals surface area contributed by atoms with Crippen LogP contribution < -0.4 is 25.6 Å². The van der Waals surface area contributed by atoms with E-state index >= 15 is 0 Å². The molecule has 6 rings (SSSR count). The van der Waals surface area contributed by atoms with Crippen molar-refractivity contribution in [2.75, 3.05) is 61.4 Å². The molecule has 5 aromatic rings. The third-order valence-corrected chi connectivity index (χ3v) is 10.1. The molecule has 0 radical (unpaired) electrons. The van der Waals surface area contributed by atoms with E-state index in [4.69, 9.17) is 22.8 Å². The molecule has 0 saturated carbocycles. The summed E-state index contributed by atoms with van der Waals surface area (Å²) in [5, 5.41) is 10.1. The van der Waals surface area contributed by atoms with Gasteiger partial charge >= 0.3 is 0 Å². The average molecular weight is 777 g/mol. The number of nitrogens with one attached hydrogen (secondary N) is 3. The number of nitrogens with zero attached hydrogens (tertiary/aromatic N) is 5. The lowest BCUT2D eigenvalue weighted by molar-refractivity contribution is 0.0945. The van der Waals surface area contributed by atoms with Gasteiger partial charge in [-0.15, -0.1) is 12.3 Å². The molecule has 12 nitrogen and oxygen atoms in total. The van der Waals surface area contributed by atoms with E-state index in [0.29, 0.717) is 80.9 Å². The van der Waals surface area contributed by atoms with Crippen LogP contribution in [-0.4, -0.2) is 83.3 Å². The summed E-state index contributed by atoms with van der Waals surface area (Å²) in [4.78, 5) is 57.3. The summed E-state index contributed by atoms with van der Waals surface area (Å²) in [6.45, 7) is 8.54. The number of benzene rings is 3. The fraction of sp³-hybridized carbons (Fsp3) is 0.268. The van der Waals surface area contributed by atoms with Crippen molar-refractivity contribution in [3.8, 4) is 18.1 Å². The first-order valence-corrected chi connectivity index (χ1v) is 19.1. The third kappa shape index (κ3) is 10.5. The number of halogens is 1. The van der Waals surface area contributed by atoms with Gasteiger partial charge in [0.05, 0.1) is 23.5 Å². The summed E-state index contributed by atoms with van der Waals surface area (Å²) in [7, 11) is 0. The average Bonchev–Trinajstić information content (AvgIpc) is 3.66. The Kier molecular flexibility index (Phi) is 13.1. The number of anilines is 4. The van der Waals surface area contributed by atoms with Crippen LogP contribution in [0.3, 0.4) is 0 Å². The van der Waals surface area contributed by atoms with Crippen LogP contribution in [0.25, 0.3) is 0 Å². The molecule has 2 aromatic heterocycles. The fourth-order valence-electron chi connectivity index (χ4n) is 5.93. The Balaban J connectivity index is 0.938. The lowest BCUT2D eigenvalue weighted by Crippen LogP contribution is -2.48. The van der Waals surface area contributed by atoms with Crippen molar-refractivity contribution in [3.63, 3.8) is 0 Å². The van der Waals surface area contributed by atoms with Crippen molar-refractivity contribution in [3.05, 3.63) is 117 Å². The molecule has 0 unspecified atom stereocenters. The van der Waals surface area contributed by atoms with Crippen LogP contribution in [0.1, 0.15) is 60.2 Å². The number of hydrogen-bond donors (Lipinski definition) is 3. The topological polar surface area (TPSA) is 142 Å². The zero-order chi connectivity index (χ0) is 38.7. The molecule has 0 spiro atoms. The number of ketones is 1. The fourth-order valence-corrected chi connectivity index (χ4v) is 6.91. The second-order valence-electron chi connectivity index (χ2n) is 12.9. The van der Waals surface area contributed by atoms with Gasteiger partial charge in [0, 0.05) is 68.4 Å². The lowest BCUT2D eigenvalue weighted by atomic mass is 10.0. The number of unbranched alkanes of at least 4 members (excludes halogenated alkanes) is 1. The predicted molar refractivity (Wildman–Crippen MR) is 217 cm³/mol. The Labute approximate surface area is 329 Å². The normalized spacial score (nSPS) is 12.8. The molecule has 2 amide bonds. The Hall–Kier alpha value is -5.81. The van der Waals surface area contributed by atoms with Gasteiger partial charge in [0.2, 0.25) is 0 Å². The molecule has 55 heavy (non-hydrogen) atoms. The molecular formula is C41H41ClN8O4S. The zero-order valence-corrected chi connectivity index (χ0v) is 32.2. The summed E-state index contributed by atoms with van der Waals surface area (Å²) in [5.41, 5.74) is 2.98. The van der Waals surface area contributed by atoms with E-state index in [0.717, 1.165) is 44.0 Å². The van der Waals surface area contributed by atoms with Crippen LogP contribution in [0.15, 0.2) is 79.0 Å². The van der Waals surface area contributed by atoms with Crippen molar-refractivity contribution >= 4 is 63.0 Å². The van der Waals surface area contributed by atoms with Crippen molar-refractivity contribution in [2.24, 2.45) is 0 Å². The van der Waals surface area contributed by atoms with Gasteiger partial charge < -0.3 is 25.6 Å². The first-order valence-electron chi connectivity index (χ1n) is 17.9. The monoisotopic (exact) mass is 776 g/mol. The van der Waals surface area contributed by atoms with E-state index in [1.807, 2.05) is 32.0 Å². The highest BCUT2D eigenvalue weighted by Gasteiger charge is 2.20. The second kappa shape index (κ2) is 18.5. The molecular weight excluding hydrogens is 736 g/mol. The molecule has 3 aromatic carbocycles. The minimum atomic E-state index is -0.292. The number of carbonyl (C=O) groups excluding carboxylic acids is 3. The van der Waals surface area contributed by atoms with Crippen LogP contribution in [0.2, 0.25) is 5.02 Å². The number of amides is 2. The molecule has 282 valence electrons. The number of thiazole rings is 1. The molecule has 0 atom stereocenters. The number of terminal acetylenes is 1. The van der Waals surface area contributed by atoms with Crippen molar-refractivity contribution in [1.29, 1.82) is 0 Å². The maximum atomic E-state index is 13.0. The number of hydrogen-bond acceptors (Lipinski definition) is 11. The number of aryl methyl sites for hydroxylation is 2. The minimum Gasteiger partial charge on any atom is -0.494 e. The van der Waals surface area contributed by atoms with Gasteiger partial charge in [-0.05, 0) is 68.3 Å². The summed E-state index contributed by atoms with van der Waals surface area (Å²) < 4.78 is 5.65. The van der Waals surface area contributed by atoms with E-state index < -0.39 is 0 Å². The Morgan fingerprint density at radius 2 is 1.64 bits per heavy atom. The highest BCUT2D eigenvalue weighted by molar-refractivity contribution is 7.17. The first-order chi connectivity index (χ1) is 26.7. The quantitative estimate of drug-likeness (QED) is 0.0593. The van der Waals surface area contributed by atoms with Crippen molar-refractivity contribution in [2.45, 2.75) is 26.7 Å². The van der Waals surface area contributed by atoms with Crippen molar-refractivity contribution in [1.82, 2.24) is 25.2 Å². The Morgan fingerprint density at radius 1 is 0.927 bits per heavy atom. The van der Waals surface area contributed by atoms with Gasteiger partial charge in [-0.2, -0.15) is 0 Å². The number of para-hydroxylation sites is 1. The first kappa shape index (κ1) is 38.9. The van der Waals surface area contributed by atoms with E-state index in [9.17, 15) is 14.4 Å². The number of rotatable bonds is 15. The van der Waals surface area contributed by atoms with Crippen LogP contribution >= 0.6 is 22.9 Å². The molecule has 3 heterocycles. The number of aromatic nitrogens is 3. The highest BCUT2D eigenvalue weighted by atomic mass is 35.5. The van der Waals surface area contributed by atoms with Crippen LogP contribution in [0.4, 0.5) is 22.5 Å². The smallest absolute Gasteiger partial charge is 0.267 e. The van der Waals surface area contributed by atoms with Gasteiger partial charge in [0.15, 0.2) is 10.9 Å². The lowest BCUT2D eigenvalue weighted by Gasteiger charge is -2.35. The minimum absolute atomic E-state index is 0.130. The summed E-state index contributed by atoms with van der Waals surface area (Å²) >= 11 is 7.50. The summed E-state index contributed by atoms with van der Waals surface area (Å²) in [6, 6.07) is 21.0. The molecule has 3 N–H and O–H groups in total. The standard InChI is InChI=1S/C41H41ClN8O4S/c1-4-5-6-24-54-32-16-14-30(15-17-32)38(51)29-10-12-31(13-11-29)39(52)43-18-19-49-20-22-50(23-21-49)36-25-35(45-28(3)46-36)47-41-44-26-34(55-41)40(53)48-37-27(2)8-7-9-33(37)42/h1,7-17,25-26H,5-6,18-24H2,2-3H3,(H,43,52)(H,48,53)(H,44,45,46,47). The van der Waals surface area contributed by atoms with E-state index in [-0.39, 0.29) is 17.6 Å². The molecule has 1 aliphatic rings. The summed E-state index contributed by atoms with van der Waals surface area (Å²) in [5.74, 6) is 4.65. The largest absolute Gasteiger partial charge is 0.494 e. The zero-order valence-electron chi connectivity index (χ0n) is 30.6. The maximum Gasteiger partial charge on any atom is 0.267 e. The Morgan fingerprint density at radius 3 is 2.35 bits per heavy atom. The van der Waals surface area contributed by atoms with Gasteiger partial charge in [0.1, 0.15) is 28.1 Å². The molecule has 1 aliphatic heterocycles. The van der Waals surface area contributed by atoms with Crippen LogP contribution in [-0.2, 0) is 0 Å². The number of piperazine rings is 1. The SMILES string of the molecule is C#CCCCOc1ccc(C(=O)c2ccc(C(=O)NCCN3CCN(c4cc(Nc5ncc(C(=O)Nc6c(C)cccc6Cl)s5)nc(C)n4)CC3)cc2)cc1. The molecule has 1 fully saturated rings.